The van der Waals surface area contributed by atoms with Crippen LogP contribution in [0.5, 0.6) is 5.75 Å². The fourth-order valence-electron chi connectivity index (χ4n) is 2.13. The maximum absolute atomic E-state index is 13.6. The van der Waals surface area contributed by atoms with Crippen LogP contribution in [-0.4, -0.2) is 34.0 Å². The van der Waals surface area contributed by atoms with E-state index in [0.717, 1.165) is 6.07 Å². The summed E-state index contributed by atoms with van der Waals surface area (Å²) in [5, 5.41) is 7.40. The zero-order chi connectivity index (χ0) is 20.0. The first kappa shape index (κ1) is 20.3. The first-order chi connectivity index (χ1) is 12.7. The maximum atomic E-state index is 13.6. The third kappa shape index (κ3) is 6.04. The molecule has 2 aromatic carbocycles. The first-order valence-electron chi connectivity index (χ1n) is 7.60. The molecule has 0 saturated heterocycles. The lowest BCUT2D eigenvalue weighted by atomic mass is 10.1. The quantitative estimate of drug-likeness (QED) is 0.678. The molecule has 2 rings (SSSR count). The Balaban J connectivity index is 1.88. The van der Waals surface area contributed by atoms with E-state index in [1.807, 2.05) is 0 Å². The number of hydrogen-bond donors (Lipinski definition) is 2. The topological polar surface area (TPSA) is 125 Å². The van der Waals surface area contributed by atoms with Gasteiger partial charge < -0.3 is 14.8 Å². The molecule has 0 aliphatic heterocycles. The predicted molar refractivity (Wildman–Crippen MR) is 94.1 cm³/mol. The van der Waals surface area contributed by atoms with Gasteiger partial charge in [-0.1, -0.05) is 12.1 Å². The zero-order valence-electron chi connectivity index (χ0n) is 14.3. The number of halogens is 1. The minimum atomic E-state index is -3.91. The number of rotatable bonds is 7. The van der Waals surface area contributed by atoms with Gasteiger partial charge in [-0.15, -0.1) is 0 Å². The zero-order valence-corrected chi connectivity index (χ0v) is 15.1. The second-order valence-electron chi connectivity index (χ2n) is 5.43. The molecule has 27 heavy (non-hydrogen) atoms. The number of hydrogen-bond acceptors (Lipinski definition) is 6. The molecular formula is C17H17FN2O6S. The lowest BCUT2D eigenvalue weighted by Gasteiger charge is -2.08. The average Bonchev–Trinajstić information content (AvgIpc) is 2.60. The molecule has 8 nitrogen and oxygen atoms in total. The predicted octanol–water partition coefficient (Wildman–Crippen LogP) is 1.21. The Hall–Kier alpha value is -2.98. The Morgan fingerprint density at radius 3 is 2.56 bits per heavy atom. The summed E-state index contributed by atoms with van der Waals surface area (Å²) in [6, 6.07) is 9.33. The number of carbonyl (C=O) groups excluding carboxylic acids is 2. The fraction of sp³-hybridized carbons (Fsp3) is 0.176. The van der Waals surface area contributed by atoms with Crippen LogP contribution < -0.4 is 15.2 Å². The molecule has 0 aromatic heterocycles. The first-order valence-corrected chi connectivity index (χ1v) is 9.14. The van der Waals surface area contributed by atoms with Crippen LogP contribution in [0.1, 0.15) is 5.56 Å². The van der Waals surface area contributed by atoms with Crippen LogP contribution >= 0.6 is 0 Å². The van der Waals surface area contributed by atoms with E-state index < -0.39 is 34.3 Å². The lowest BCUT2D eigenvalue weighted by Crippen LogP contribution is -2.22. The molecule has 144 valence electrons. The highest BCUT2D eigenvalue weighted by Gasteiger charge is 2.12. The molecule has 0 fully saturated rings. The van der Waals surface area contributed by atoms with Gasteiger partial charge in [0.1, 0.15) is 0 Å². The summed E-state index contributed by atoms with van der Waals surface area (Å²) in [5.41, 5.74) is 0.541. The number of carbonyl (C=O) groups is 2. The number of benzene rings is 2. The highest BCUT2D eigenvalue weighted by molar-refractivity contribution is 7.89. The molecule has 0 heterocycles. The number of primary sulfonamides is 1. The van der Waals surface area contributed by atoms with E-state index >= 15 is 0 Å². The number of ether oxygens (including phenoxy) is 2. The monoisotopic (exact) mass is 396 g/mol. The van der Waals surface area contributed by atoms with Crippen molar-refractivity contribution in [3.05, 3.63) is 53.8 Å². The van der Waals surface area contributed by atoms with E-state index in [1.54, 1.807) is 0 Å². The molecular weight excluding hydrogens is 379 g/mol. The summed E-state index contributed by atoms with van der Waals surface area (Å²) in [6.45, 7) is -0.586. The van der Waals surface area contributed by atoms with Crippen molar-refractivity contribution in [1.82, 2.24) is 0 Å². The standard InChI is InChI=1S/C17H17FN2O6S/c1-25-15-6-5-11(7-14(15)18)8-17(22)26-10-16(21)20-12-3-2-4-13(9-12)27(19,23)24/h2-7,9H,8,10H2,1H3,(H,20,21)(H2,19,23,24). The van der Waals surface area contributed by atoms with Crippen LogP contribution in [0.15, 0.2) is 47.4 Å². The van der Waals surface area contributed by atoms with Gasteiger partial charge in [0.25, 0.3) is 5.91 Å². The number of methoxy groups -OCH3 is 1. The fourth-order valence-corrected chi connectivity index (χ4v) is 2.69. The second-order valence-corrected chi connectivity index (χ2v) is 6.99. The minimum Gasteiger partial charge on any atom is -0.494 e. The van der Waals surface area contributed by atoms with Crippen molar-refractivity contribution in [2.45, 2.75) is 11.3 Å². The molecule has 2 aromatic rings. The minimum absolute atomic E-state index is 0.0493. The molecule has 0 saturated carbocycles. The summed E-state index contributed by atoms with van der Waals surface area (Å²) in [5.74, 6) is -1.97. The smallest absolute Gasteiger partial charge is 0.310 e. The van der Waals surface area contributed by atoms with Crippen LogP contribution in [0.25, 0.3) is 0 Å². The van der Waals surface area contributed by atoms with E-state index in [2.05, 4.69) is 5.32 Å². The molecule has 1 amide bonds. The molecule has 3 N–H and O–H groups in total. The van der Waals surface area contributed by atoms with Gasteiger partial charge in [0.2, 0.25) is 10.0 Å². The number of amides is 1. The van der Waals surface area contributed by atoms with Crippen molar-refractivity contribution in [3.63, 3.8) is 0 Å². The molecule has 0 atom stereocenters. The average molecular weight is 396 g/mol. The van der Waals surface area contributed by atoms with Crippen LogP contribution in [-0.2, 0) is 30.8 Å². The van der Waals surface area contributed by atoms with Crippen LogP contribution in [0.4, 0.5) is 10.1 Å². The third-order valence-electron chi connectivity index (χ3n) is 3.38. The highest BCUT2D eigenvalue weighted by atomic mass is 32.2. The molecule has 0 aliphatic rings. The van der Waals surface area contributed by atoms with E-state index in [1.165, 1.54) is 43.5 Å². The van der Waals surface area contributed by atoms with E-state index in [-0.39, 0.29) is 22.8 Å². The van der Waals surface area contributed by atoms with Crippen LogP contribution in [0, 0.1) is 5.82 Å². The number of nitrogens with two attached hydrogens (primary N) is 1. The summed E-state index contributed by atoms with van der Waals surface area (Å²) in [6.07, 6.45) is -0.227. The van der Waals surface area contributed by atoms with Gasteiger partial charge in [-0.2, -0.15) is 0 Å². The van der Waals surface area contributed by atoms with Crippen molar-refractivity contribution < 1.29 is 31.9 Å². The Bertz CT molecular complexity index is 962. The lowest BCUT2D eigenvalue weighted by molar-refractivity contribution is -0.146. The third-order valence-corrected chi connectivity index (χ3v) is 4.29. The van der Waals surface area contributed by atoms with Crippen LogP contribution in [0.3, 0.4) is 0 Å². The van der Waals surface area contributed by atoms with Crippen molar-refractivity contribution >= 4 is 27.6 Å². The number of anilines is 1. The van der Waals surface area contributed by atoms with Gasteiger partial charge in [-0.25, -0.2) is 17.9 Å². The van der Waals surface area contributed by atoms with E-state index in [0.29, 0.717) is 5.56 Å². The van der Waals surface area contributed by atoms with Crippen molar-refractivity contribution in [3.8, 4) is 5.75 Å². The van der Waals surface area contributed by atoms with Crippen LogP contribution in [0.2, 0.25) is 0 Å². The molecule has 0 bridgehead atoms. The van der Waals surface area contributed by atoms with Crippen molar-refractivity contribution in [1.29, 1.82) is 0 Å². The number of sulfonamides is 1. The maximum Gasteiger partial charge on any atom is 0.310 e. The molecule has 10 heteroatoms. The van der Waals surface area contributed by atoms with Gasteiger partial charge in [0, 0.05) is 5.69 Å². The Kier molecular flexibility index (Phi) is 6.48. The van der Waals surface area contributed by atoms with Gasteiger partial charge in [-0.3, -0.25) is 9.59 Å². The Morgan fingerprint density at radius 1 is 1.19 bits per heavy atom. The van der Waals surface area contributed by atoms with Gasteiger partial charge in [-0.05, 0) is 35.9 Å². The molecule has 0 radical (unpaired) electrons. The van der Waals surface area contributed by atoms with Gasteiger partial charge in [0.15, 0.2) is 18.2 Å². The normalized spacial score (nSPS) is 10.9. The summed E-state index contributed by atoms with van der Waals surface area (Å²) in [7, 11) is -2.58. The molecule has 0 spiro atoms. The summed E-state index contributed by atoms with van der Waals surface area (Å²) >= 11 is 0. The number of esters is 1. The van der Waals surface area contributed by atoms with Crippen molar-refractivity contribution in [2.24, 2.45) is 5.14 Å². The summed E-state index contributed by atoms with van der Waals surface area (Å²) < 4.78 is 45.8. The highest BCUT2D eigenvalue weighted by Crippen LogP contribution is 2.18. The van der Waals surface area contributed by atoms with E-state index in [9.17, 15) is 22.4 Å². The number of nitrogens with one attached hydrogen (secondary N) is 1. The Labute approximate surface area is 155 Å². The van der Waals surface area contributed by atoms with Crippen molar-refractivity contribution in [2.75, 3.05) is 19.0 Å². The Morgan fingerprint density at radius 2 is 1.93 bits per heavy atom. The van der Waals surface area contributed by atoms with E-state index in [4.69, 9.17) is 14.6 Å². The summed E-state index contributed by atoms with van der Waals surface area (Å²) in [4.78, 5) is 23.4. The van der Waals surface area contributed by atoms with Gasteiger partial charge in [0.05, 0.1) is 18.4 Å². The molecule has 0 unspecified atom stereocenters. The second kappa shape index (κ2) is 8.60. The molecule has 0 aliphatic carbocycles. The largest absolute Gasteiger partial charge is 0.494 e. The van der Waals surface area contributed by atoms with Gasteiger partial charge >= 0.3 is 5.97 Å². The SMILES string of the molecule is COc1ccc(CC(=O)OCC(=O)Nc2cccc(S(N)(=O)=O)c2)cc1F.